The van der Waals surface area contributed by atoms with Crippen LogP contribution in [0.2, 0.25) is 0 Å². The standard InChI is InChI=1S/C39H41F3NS.C17H32O2.Ir/c1-22-17-27(25-13-15-38(7,8)16-14-25)18-23(2)32(22)35-24(3)33-31(39(40,41)42)21-43-34(36(33)44-35)28-19-26-11-9-10-12-29(26)30(20-28)37(4,5)6;1-10(2)16(11(3)4)14(18)9-15(19)17(12(5)6)13(7)8;/h9-12,17-18,20-21,25H,13-16H2,1-8H3;9-13,16-18H,1-8H3;/q-1;;/b;14-9-;. The molecule has 2 aromatic heterocycles. The molecule has 0 atom stereocenters. The summed E-state index contributed by atoms with van der Waals surface area (Å²) in [5, 5.41) is 12.6. The minimum absolute atomic E-state index is 0. The van der Waals surface area contributed by atoms with Gasteiger partial charge in [0.1, 0.15) is 0 Å². The van der Waals surface area contributed by atoms with Crippen LogP contribution in [0.5, 0.6) is 0 Å². The maximum atomic E-state index is 14.5. The van der Waals surface area contributed by atoms with Gasteiger partial charge in [0, 0.05) is 64.9 Å². The molecule has 0 spiro atoms. The van der Waals surface area contributed by atoms with Crippen molar-refractivity contribution < 1.29 is 43.2 Å². The molecule has 1 aliphatic carbocycles. The molecular weight excluding hydrogens is 1000 g/mol. The molecule has 1 aliphatic rings. The van der Waals surface area contributed by atoms with Crippen LogP contribution in [0.15, 0.2) is 60.5 Å². The number of fused-ring (bicyclic) bond motifs is 2. The molecule has 1 N–H and O–H groups in total. The van der Waals surface area contributed by atoms with Crippen molar-refractivity contribution in [3.63, 3.8) is 0 Å². The maximum absolute atomic E-state index is 14.5. The molecule has 64 heavy (non-hydrogen) atoms. The molecule has 5 aromatic rings. The van der Waals surface area contributed by atoms with Gasteiger partial charge < -0.3 is 5.11 Å². The van der Waals surface area contributed by atoms with E-state index in [1.54, 1.807) is 0 Å². The second-order valence-corrected chi connectivity index (χ2v) is 22.7. The fourth-order valence-electron chi connectivity index (χ4n) is 10.4. The molecule has 1 saturated carbocycles. The quantitative estimate of drug-likeness (QED) is 0.0861. The molecule has 0 unspecified atom stereocenters. The van der Waals surface area contributed by atoms with Crippen LogP contribution in [0, 0.1) is 67.8 Å². The van der Waals surface area contributed by atoms with Crippen LogP contribution in [-0.4, -0.2) is 15.9 Å². The zero-order valence-corrected chi connectivity index (χ0v) is 44.5. The van der Waals surface area contributed by atoms with Crippen molar-refractivity contribution >= 4 is 38.0 Å². The number of hydrogen-bond acceptors (Lipinski definition) is 4. The minimum atomic E-state index is -4.51. The van der Waals surface area contributed by atoms with Crippen molar-refractivity contribution in [1.29, 1.82) is 0 Å². The van der Waals surface area contributed by atoms with Crippen LogP contribution >= 0.6 is 11.3 Å². The predicted molar refractivity (Wildman–Crippen MR) is 262 cm³/mol. The number of ketones is 1. The number of carbonyl (C=O) groups excluding carboxylic acids is 1. The molecular formula is C56H73F3IrNO2S-. The van der Waals surface area contributed by atoms with Crippen molar-refractivity contribution in [2.24, 2.45) is 40.9 Å². The minimum Gasteiger partial charge on any atom is -0.512 e. The van der Waals surface area contributed by atoms with Crippen LogP contribution in [-0.2, 0) is 36.5 Å². The fourth-order valence-corrected chi connectivity index (χ4v) is 11.9. The molecule has 6 rings (SSSR count). The van der Waals surface area contributed by atoms with Gasteiger partial charge in [0.15, 0.2) is 5.78 Å². The Kier molecular flexibility index (Phi) is 17.2. The summed E-state index contributed by atoms with van der Waals surface area (Å²) in [6.07, 6.45) is 2.77. The zero-order valence-electron chi connectivity index (χ0n) is 41.2. The van der Waals surface area contributed by atoms with E-state index in [1.165, 1.54) is 48.7 Å². The van der Waals surface area contributed by atoms with E-state index in [0.717, 1.165) is 49.7 Å². The summed E-state index contributed by atoms with van der Waals surface area (Å²) < 4.78 is 44.1. The van der Waals surface area contributed by atoms with E-state index in [9.17, 15) is 23.1 Å². The number of benzene rings is 3. The Morgan fingerprint density at radius 1 is 0.844 bits per heavy atom. The van der Waals surface area contributed by atoms with Crippen LogP contribution in [0.25, 0.3) is 42.6 Å². The van der Waals surface area contributed by atoms with Gasteiger partial charge in [0.25, 0.3) is 0 Å². The third kappa shape index (κ3) is 11.8. The first-order valence-corrected chi connectivity index (χ1v) is 24.0. The third-order valence-electron chi connectivity index (χ3n) is 13.5. The number of aromatic nitrogens is 1. The monoisotopic (exact) mass is 1070 g/mol. The molecule has 3 nitrogen and oxygen atoms in total. The van der Waals surface area contributed by atoms with Crippen molar-refractivity contribution in [2.45, 2.75) is 154 Å². The summed E-state index contributed by atoms with van der Waals surface area (Å²) >= 11 is 1.43. The van der Waals surface area contributed by atoms with Gasteiger partial charge >= 0.3 is 6.18 Å². The van der Waals surface area contributed by atoms with Crippen LogP contribution in [0.3, 0.4) is 0 Å². The SMILES string of the molecule is CC(C)C(C(=O)/C=C(\O)C(C(C)C)C(C)C)C(C)C.Cc1cc(C2CCC(C)(C)CC2)cc(C)c1-c1sc2c(-c3[c-]c4ccccc4c(C(C)(C)C)c3)ncc(C(F)(F)F)c2c1C.[Ir]. The van der Waals surface area contributed by atoms with Crippen LogP contribution < -0.4 is 0 Å². The van der Waals surface area contributed by atoms with E-state index in [-0.39, 0.29) is 54.3 Å². The van der Waals surface area contributed by atoms with Crippen molar-refractivity contribution in [2.75, 3.05) is 0 Å². The number of halogens is 3. The molecule has 0 aliphatic heterocycles. The van der Waals surface area contributed by atoms with E-state index < -0.39 is 11.7 Å². The molecule has 8 heteroatoms. The van der Waals surface area contributed by atoms with Crippen LogP contribution in [0.1, 0.15) is 155 Å². The summed E-state index contributed by atoms with van der Waals surface area (Å²) in [5.41, 5.74) is 7.26. The number of thiophene rings is 1. The van der Waals surface area contributed by atoms with E-state index in [1.807, 2.05) is 25.1 Å². The average Bonchev–Trinajstić information content (AvgIpc) is 3.48. The molecule has 3 aromatic carbocycles. The topological polar surface area (TPSA) is 50.2 Å². The largest absolute Gasteiger partial charge is 0.512 e. The molecule has 0 amide bonds. The number of hydrogen-bond donors (Lipinski definition) is 1. The van der Waals surface area contributed by atoms with E-state index >= 15 is 0 Å². The fraction of sp³-hybridized carbons (Fsp3) is 0.536. The van der Waals surface area contributed by atoms with E-state index in [0.29, 0.717) is 51.0 Å². The number of carbonyl (C=O) groups is 1. The zero-order chi connectivity index (χ0) is 47.1. The predicted octanol–water partition coefficient (Wildman–Crippen LogP) is 17.4. The van der Waals surface area contributed by atoms with Gasteiger partial charge in [-0.2, -0.15) is 13.2 Å². The first kappa shape index (κ1) is 53.3. The normalized spacial score (nSPS) is 15.2. The summed E-state index contributed by atoms with van der Waals surface area (Å²) in [6.45, 7) is 33.8. The summed E-state index contributed by atoms with van der Waals surface area (Å²) in [7, 11) is 0. The van der Waals surface area contributed by atoms with E-state index in [2.05, 4.69) is 139 Å². The number of alkyl halides is 3. The van der Waals surface area contributed by atoms with Gasteiger partial charge in [0.05, 0.1) is 11.3 Å². The molecule has 1 fully saturated rings. The second kappa shape index (κ2) is 20.7. The number of pyridine rings is 1. The summed E-state index contributed by atoms with van der Waals surface area (Å²) in [6, 6.07) is 18.2. The van der Waals surface area contributed by atoms with Gasteiger partial charge in [0.2, 0.25) is 0 Å². The number of aryl methyl sites for hydroxylation is 3. The molecule has 1 radical (unpaired) electrons. The Labute approximate surface area is 400 Å². The Morgan fingerprint density at radius 2 is 1.38 bits per heavy atom. The number of nitrogens with zero attached hydrogens (tertiary/aromatic N) is 1. The number of aliphatic hydroxyl groups is 1. The Morgan fingerprint density at radius 3 is 1.88 bits per heavy atom. The Hall–Kier alpha value is -3.32. The van der Waals surface area contributed by atoms with Crippen molar-refractivity contribution in [3.8, 4) is 21.7 Å². The maximum Gasteiger partial charge on any atom is 0.418 e. The summed E-state index contributed by atoms with van der Waals surface area (Å²) in [4.78, 5) is 17.8. The number of aliphatic hydroxyl groups excluding tert-OH is 1. The smallest absolute Gasteiger partial charge is 0.418 e. The Bertz CT molecular complexity index is 2420. The molecule has 0 saturated heterocycles. The van der Waals surface area contributed by atoms with Gasteiger partial charge in [-0.25, -0.2) is 0 Å². The summed E-state index contributed by atoms with van der Waals surface area (Å²) in [5.74, 6) is 2.16. The Balaban J connectivity index is 0.000000382. The molecule has 2 heterocycles. The van der Waals surface area contributed by atoms with E-state index in [4.69, 9.17) is 0 Å². The average molecular weight is 1070 g/mol. The van der Waals surface area contributed by atoms with Gasteiger partial charge in [-0.05, 0) is 115 Å². The number of allylic oxidation sites excluding steroid dienone is 2. The molecule has 0 bridgehead atoms. The molecule has 351 valence electrons. The van der Waals surface area contributed by atoms with Crippen LogP contribution in [0.4, 0.5) is 13.2 Å². The third-order valence-corrected chi connectivity index (χ3v) is 14.8. The van der Waals surface area contributed by atoms with Gasteiger partial charge in [-0.1, -0.05) is 131 Å². The second-order valence-electron chi connectivity index (χ2n) is 21.6. The number of rotatable bonds is 10. The first-order chi connectivity index (χ1) is 29.1. The van der Waals surface area contributed by atoms with Gasteiger partial charge in [-0.3, -0.25) is 9.78 Å². The van der Waals surface area contributed by atoms with Crippen molar-refractivity contribution in [3.05, 3.63) is 99.9 Å². The van der Waals surface area contributed by atoms with Crippen molar-refractivity contribution in [1.82, 2.24) is 4.98 Å². The van der Waals surface area contributed by atoms with Gasteiger partial charge in [-0.15, -0.1) is 40.5 Å². The first-order valence-electron chi connectivity index (χ1n) is 23.2.